The van der Waals surface area contributed by atoms with E-state index in [0.29, 0.717) is 6.54 Å². The molecule has 2 atom stereocenters. The van der Waals surface area contributed by atoms with E-state index in [9.17, 15) is 4.79 Å². The zero-order valence-corrected chi connectivity index (χ0v) is 14.7. The molecule has 2 unspecified atom stereocenters. The predicted molar refractivity (Wildman–Crippen MR) is 87.0 cm³/mol. The van der Waals surface area contributed by atoms with E-state index in [4.69, 9.17) is 9.47 Å². The molecule has 0 saturated heterocycles. The third-order valence-electron chi connectivity index (χ3n) is 3.99. The monoisotopic (exact) mass is 373 g/mol. The van der Waals surface area contributed by atoms with Crippen LogP contribution in [0.25, 0.3) is 0 Å². The van der Waals surface area contributed by atoms with Crippen LogP contribution in [0, 0.1) is 0 Å². The van der Waals surface area contributed by atoms with Crippen LogP contribution >= 0.6 is 15.9 Å². The minimum Gasteiger partial charge on any atom is -0.464 e. The summed E-state index contributed by atoms with van der Waals surface area (Å²) in [6.07, 6.45) is -0.00102. The maximum Gasteiger partial charge on any atom is 0.346 e. The Morgan fingerprint density at radius 1 is 1.50 bits per heavy atom. The van der Waals surface area contributed by atoms with Gasteiger partial charge in [-0.3, -0.25) is 0 Å². The van der Waals surface area contributed by atoms with E-state index < -0.39 is 17.7 Å². The lowest BCUT2D eigenvalue weighted by atomic mass is 9.83. The van der Waals surface area contributed by atoms with Gasteiger partial charge in [-0.25, -0.2) is 9.18 Å². The minimum atomic E-state index is -2.11. The average Bonchev–Trinajstić information content (AvgIpc) is 2.49. The van der Waals surface area contributed by atoms with Gasteiger partial charge in [0.25, 0.3) is 0 Å². The lowest BCUT2D eigenvalue weighted by Crippen LogP contribution is -2.61. The second kappa shape index (κ2) is 6.96. The third-order valence-corrected chi connectivity index (χ3v) is 4.48. The van der Waals surface area contributed by atoms with E-state index in [1.807, 2.05) is 30.0 Å². The molecule has 1 aromatic carbocycles. The van der Waals surface area contributed by atoms with Crippen molar-refractivity contribution in [3.05, 3.63) is 28.2 Å². The van der Waals surface area contributed by atoms with Gasteiger partial charge in [-0.2, -0.15) is 0 Å². The molecule has 0 aromatic heterocycles. The molecule has 0 spiro atoms. The maximum absolute atomic E-state index is 15.6. The lowest BCUT2D eigenvalue weighted by molar-refractivity contribution is -0.160. The van der Waals surface area contributed by atoms with Crippen molar-refractivity contribution < 1.29 is 18.7 Å². The van der Waals surface area contributed by atoms with Crippen LogP contribution in [0.4, 0.5) is 10.1 Å². The van der Waals surface area contributed by atoms with Crippen LogP contribution in [0.3, 0.4) is 0 Å². The highest BCUT2D eigenvalue weighted by Gasteiger charge is 2.53. The summed E-state index contributed by atoms with van der Waals surface area (Å²) in [6.45, 7) is 4.46. The van der Waals surface area contributed by atoms with Crippen molar-refractivity contribution in [3.63, 3.8) is 0 Å². The SMILES string of the molecule is CCOC(=O)C1(F)Cc2ccc(Br)cc2N(CC)C1COC. The number of benzene rings is 1. The average molecular weight is 374 g/mol. The maximum atomic E-state index is 15.6. The van der Waals surface area contributed by atoms with E-state index >= 15 is 4.39 Å². The number of alkyl halides is 1. The zero-order valence-electron chi connectivity index (χ0n) is 13.1. The van der Waals surface area contributed by atoms with Crippen molar-refractivity contribution in [3.8, 4) is 0 Å². The van der Waals surface area contributed by atoms with Crippen LogP contribution in [-0.4, -0.2) is 44.5 Å². The molecule has 1 aliphatic rings. The van der Waals surface area contributed by atoms with E-state index in [1.54, 1.807) is 6.92 Å². The first-order chi connectivity index (χ1) is 10.5. The quantitative estimate of drug-likeness (QED) is 0.743. The van der Waals surface area contributed by atoms with Gasteiger partial charge in [0.2, 0.25) is 5.67 Å². The first kappa shape index (κ1) is 17.2. The number of halogens is 2. The van der Waals surface area contributed by atoms with E-state index in [2.05, 4.69) is 15.9 Å². The van der Waals surface area contributed by atoms with E-state index in [1.165, 1.54) is 7.11 Å². The first-order valence-corrected chi connectivity index (χ1v) is 8.17. The number of rotatable bonds is 5. The van der Waals surface area contributed by atoms with Gasteiger partial charge in [0.15, 0.2) is 0 Å². The molecule has 22 heavy (non-hydrogen) atoms. The first-order valence-electron chi connectivity index (χ1n) is 7.38. The highest BCUT2D eigenvalue weighted by molar-refractivity contribution is 9.10. The summed E-state index contributed by atoms with van der Waals surface area (Å²) in [7, 11) is 1.51. The number of hydrogen-bond donors (Lipinski definition) is 0. The number of ether oxygens (including phenoxy) is 2. The highest BCUT2D eigenvalue weighted by Crippen LogP contribution is 2.40. The number of nitrogens with zero attached hydrogens (tertiary/aromatic N) is 1. The second-order valence-electron chi connectivity index (χ2n) is 5.29. The highest BCUT2D eigenvalue weighted by atomic mass is 79.9. The van der Waals surface area contributed by atoms with Crippen molar-refractivity contribution in [2.45, 2.75) is 32.0 Å². The Kier molecular flexibility index (Phi) is 5.45. The summed E-state index contributed by atoms with van der Waals surface area (Å²) in [5.74, 6) is -0.816. The van der Waals surface area contributed by atoms with Crippen LogP contribution in [0.1, 0.15) is 19.4 Å². The molecule has 1 aliphatic heterocycles. The molecule has 0 bridgehead atoms. The Morgan fingerprint density at radius 3 is 2.82 bits per heavy atom. The lowest BCUT2D eigenvalue weighted by Gasteiger charge is -2.45. The number of anilines is 1. The van der Waals surface area contributed by atoms with Gasteiger partial charge in [0, 0.05) is 30.2 Å². The fraction of sp³-hybridized carbons (Fsp3) is 0.562. The molecule has 6 heteroatoms. The van der Waals surface area contributed by atoms with Gasteiger partial charge in [-0.1, -0.05) is 22.0 Å². The Hall–Kier alpha value is -1.14. The Morgan fingerprint density at radius 2 is 2.23 bits per heavy atom. The zero-order chi connectivity index (χ0) is 16.3. The molecule has 1 aromatic rings. The van der Waals surface area contributed by atoms with Crippen LogP contribution in [0.5, 0.6) is 0 Å². The molecule has 0 radical (unpaired) electrons. The largest absolute Gasteiger partial charge is 0.464 e. The third kappa shape index (κ3) is 2.99. The second-order valence-corrected chi connectivity index (χ2v) is 6.21. The number of carbonyl (C=O) groups excluding carboxylic acids is 1. The molecule has 0 N–H and O–H groups in total. The standard InChI is InChI=1S/C16H21BrFNO3/c1-4-19-13-8-12(17)7-6-11(13)9-16(18,14(19)10-21-3)15(20)22-5-2/h6-8,14H,4-5,9-10H2,1-3H3. The molecule has 0 amide bonds. The Bertz CT molecular complexity index is 554. The van der Waals surface area contributed by atoms with Crippen molar-refractivity contribution in [1.29, 1.82) is 0 Å². The van der Waals surface area contributed by atoms with E-state index in [0.717, 1.165) is 15.7 Å². The van der Waals surface area contributed by atoms with Crippen molar-refractivity contribution in [1.82, 2.24) is 0 Å². The Balaban J connectivity index is 2.51. The van der Waals surface area contributed by atoms with Crippen LogP contribution < -0.4 is 4.90 Å². The fourth-order valence-electron chi connectivity index (χ4n) is 2.99. The smallest absolute Gasteiger partial charge is 0.346 e. The summed E-state index contributed by atoms with van der Waals surface area (Å²) < 4.78 is 26.7. The predicted octanol–water partition coefficient (Wildman–Crippen LogP) is 3.12. The Labute approximate surface area is 138 Å². The summed E-state index contributed by atoms with van der Waals surface area (Å²) in [5, 5.41) is 0. The summed E-state index contributed by atoms with van der Waals surface area (Å²) in [4.78, 5) is 14.1. The van der Waals surface area contributed by atoms with Gasteiger partial charge in [0.1, 0.15) is 0 Å². The minimum absolute atomic E-state index is 0.00102. The van der Waals surface area contributed by atoms with Gasteiger partial charge < -0.3 is 14.4 Å². The number of fused-ring (bicyclic) bond motifs is 1. The van der Waals surface area contributed by atoms with Crippen molar-refractivity contribution >= 4 is 27.6 Å². The molecule has 1 heterocycles. The topological polar surface area (TPSA) is 38.8 Å². The molecule has 4 nitrogen and oxygen atoms in total. The number of methoxy groups -OCH3 is 1. The molecular formula is C16H21BrFNO3. The van der Waals surface area contributed by atoms with Crippen LogP contribution in [0.2, 0.25) is 0 Å². The van der Waals surface area contributed by atoms with Crippen LogP contribution in [0.15, 0.2) is 22.7 Å². The normalized spacial score (nSPS) is 24.0. The molecule has 0 saturated carbocycles. The number of carbonyl (C=O) groups is 1. The van der Waals surface area contributed by atoms with Crippen molar-refractivity contribution in [2.24, 2.45) is 0 Å². The number of hydrogen-bond acceptors (Lipinski definition) is 4. The molecule has 0 fully saturated rings. The fourth-order valence-corrected chi connectivity index (χ4v) is 3.34. The van der Waals surface area contributed by atoms with Gasteiger partial charge in [0.05, 0.1) is 19.3 Å². The number of likely N-dealkylation sites (N-methyl/N-ethyl adjacent to an activating group) is 1. The molecule has 0 aliphatic carbocycles. The van der Waals surface area contributed by atoms with E-state index in [-0.39, 0.29) is 19.6 Å². The van der Waals surface area contributed by atoms with Gasteiger partial charge >= 0.3 is 5.97 Å². The molecule has 122 valence electrons. The number of esters is 1. The van der Waals surface area contributed by atoms with Crippen molar-refractivity contribution in [2.75, 3.05) is 31.8 Å². The summed E-state index contributed by atoms with van der Waals surface area (Å²) >= 11 is 3.45. The molecular weight excluding hydrogens is 353 g/mol. The summed E-state index contributed by atoms with van der Waals surface area (Å²) in [6, 6.07) is 4.95. The van der Waals surface area contributed by atoms with Gasteiger partial charge in [-0.05, 0) is 31.5 Å². The van der Waals surface area contributed by atoms with Crippen LogP contribution in [-0.2, 0) is 20.7 Å². The van der Waals surface area contributed by atoms with Gasteiger partial charge in [-0.15, -0.1) is 0 Å². The summed E-state index contributed by atoms with van der Waals surface area (Å²) in [5.41, 5.74) is -0.382. The molecule has 2 rings (SSSR count).